The second-order valence-corrected chi connectivity index (χ2v) is 8.00. The third kappa shape index (κ3) is 8.14. The van der Waals surface area contributed by atoms with Crippen molar-refractivity contribution in [1.82, 2.24) is 0 Å². The van der Waals surface area contributed by atoms with Crippen LogP contribution >= 0.6 is 0 Å². The van der Waals surface area contributed by atoms with Crippen LogP contribution < -0.4 is 5.32 Å². The average molecular weight is 455 g/mol. The molecule has 0 unspecified atom stereocenters. The fraction of sp³-hybridized carbons (Fsp3) is 0.400. The van der Waals surface area contributed by atoms with Gasteiger partial charge in [-0.1, -0.05) is 44.0 Å². The number of ether oxygens (including phenoxy) is 1. The molecule has 2 rings (SSSR count). The van der Waals surface area contributed by atoms with Crippen molar-refractivity contribution in [3.8, 4) is 0 Å². The summed E-state index contributed by atoms with van der Waals surface area (Å²) in [6.07, 6.45) is 4.22. The number of nitro benzene ring substituents is 1. The molecular weight excluding hydrogens is 424 g/mol. The highest BCUT2D eigenvalue weighted by atomic mass is 16.6. The van der Waals surface area contributed by atoms with Crippen molar-refractivity contribution < 1.29 is 24.0 Å². The Balaban J connectivity index is 1.80. The molecule has 0 heterocycles. The van der Waals surface area contributed by atoms with Gasteiger partial charge in [-0.15, -0.1) is 0 Å². The Bertz CT molecular complexity index is 1010. The third-order valence-electron chi connectivity index (χ3n) is 5.35. The van der Waals surface area contributed by atoms with Gasteiger partial charge in [-0.05, 0) is 49.4 Å². The maximum atomic E-state index is 12.3. The summed E-state index contributed by atoms with van der Waals surface area (Å²) in [4.78, 5) is 47.0. The van der Waals surface area contributed by atoms with Gasteiger partial charge in [0, 0.05) is 18.1 Å². The number of benzene rings is 2. The number of unbranched alkanes of at least 4 members (excludes halogenated alkanes) is 2. The predicted octanol–water partition coefficient (Wildman–Crippen LogP) is 5.09. The van der Waals surface area contributed by atoms with E-state index < -0.39 is 23.4 Å². The summed E-state index contributed by atoms with van der Waals surface area (Å²) in [7, 11) is 0. The van der Waals surface area contributed by atoms with E-state index in [2.05, 4.69) is 12.2 Å². The molecule has 1 N–H and O–H groups in total. The molecular formula is C25H30N2O6. The van der Waals surface area contributed by atoms with E-state index in [1.165, 1.54) is 24.1 Å². The van der Waals surface area contributed by atoms with Crippen LogP contribution in [0.4, 0.5) is 11.4 Å². The van der Waals surface area contributed by atoms with Crippen LogP contribution in [0.1, 0.15) is 66.1 Å². The zero-order chi connectivity index (χ0) is 24.4. The maximum absolute atomic E-state index is 12.3. The van der Waals surface area contributed by atoms with Crippen molar-refractivity contribution >= 4 is 29.0 Å². The number of hydrogen-bond acceptors (Lipinski definition) is 6. The minimum Gasteiger partial charge on any atom is -0.456 e. The molecule has 0 aliphatic rings. The summed E-state index contributed by atoms with van der Waals surface area (Å²) in [5, 5.41) is 13.6. The molecule has 0 saturated heterocycles. The highest BCUT2D eigenvalue weighted by molar-refractivity contribution is 5.98. The Hall–Kier alpha value is -3.55. The van der Waals surface area contributed by atoms with Gasteiger partial charge >= 0.3 is 5.97 Å². The van der Waals surface area contributed by atoms with Crippen LogP contribution in [0.3, 0.4) is 0 Å². The van der Waals surface area contributed by atoms with Gasteiger partial charge in [0.05, 0.1) is 11.3 Å². The third-order valence-corrected chi connectivity index (χ3v) is 5.35. The molecule has 0 saturated carbocycles. The number of carbonyl (C=O) groups excluding carboxylic acids is 3. The van der Waals surface area contributed by atoms with Crippen molar-refractivity contribution in [2.24, 2.45) is 0 Å². The lowest BCUT2D eigenvalue weighted by Crippen LogP contribution is -2.21. The Morgan fingerprint density at radius 1 is 1.00 bits per heavy atom. The van der Waals surface area contributed by atoms with Crippen LogP contribution in [-0.4, -0.2) is 29.2 Å². The van der Waals surface area contributed by atoms with Crippen molar-refractivity contribution in [3.63, 3.8) is 0 Å². The van der Waals surface area contributed by atoms with E-state index in [0.29, 0.717) is 5.56 Å². The minimum atomic E-state index is -0.695. The van der Waals surface area contributed by atoms with Crippen LogP contribution in [0.2, 0.25) is 0 Å². The number of esters is 1. The number of Topliss-reactive ketones (excluding diaryl/α,β-unsaturated/α-hetero) is 1. The van der Waals surface area contributed by atoms with E-state index >= 15 is 0 Å². The zero-order valence-electron chi connectivity index (χ0n) is 19.3. The van der Waals surface area contributed by atoms with Gasteiger partial charge in [0.25, 0.3) is 11.6 Å². The first-order valence-corrected chi connectivity index (χ1v) is 11.0. The zero-order valence-corrected chi connectivity index (χ0v) is 19.3. The lowest BCUT2D eigenvalue weighted by molar-refractivity contribution is -0.384. The lowest BCUT2D eigenvalue weighted by Gasteiger charge is -2.09. The first-order valence-electron chi connectivity index (χ1n) is 11.0. The Morgan fingerprint density at radius 3 is 2.30 bits per heavy atom. The highest BCUT2D eigenvalue weighted by Gasteiger charge is 2.18. The Labute approximate surface area is 193 Å². The highest BCUT2D eigenvalue weighted by Crippen LogP contribution is 2.27. The molecule has 0 bridgehead atoms. The molecule has 1 amide bonds. The number of carbonyl (C=O) groups is 3. The first-order chi connectivity index (χ1) is 15.7. The number of amides is 1. The van der Waals surface area contributed by atoms with Gasteiger partial charge in [0.15, 0.2) is 12.4 Å². The van der Waals surface area contributed by atoms with E-state index in [1.54, 1.807) is 26.0 Å². The predicted molar refractivity (Wildman–Crippen MR) is 125 cm³/mol. The van der Waals surface area contributed by atoms with Gasteiger partial charge in [-0.2, -0.15) is 0 Å². The van der Waals surface area contributed by atoms with E-state index in [1.807, 2.05) is 12.1 Å². The lowest BCUT2D eigenvalue weighted by atomic mass is 10.0. The molecule has 0 atom stereocenters. The summed E-state index contributed by atoms with van der Waals surface area (Å²) in [5.74, 6) is -1.56. The number of hydrogen-bond donors (Lipinski definition) is 1. The summed E-state index contributed by atoms with van der Waals surface area (Å²) >= 11 is 0. The van der Waals surface area contributed by atoms with Gasteiger partial charge in [-0.25, -0.2) is 0 Å². The van der Waals surface area contributed by atoms with Crippen LogP contribution in [0.25, 0.3) is 0 Å². The van der Waals surface area contributed by atoms with Crippen LogP contribution in [0.15, 0.2) is 36.4 Å². The summed E-state index contributed by atoms with van der Waals surface area (Å²) < 4.78 is 4.92. The summed E-state index contributed by atoms with van der Waals surface area (Å²) in [6, 6.07) is 10.3. The molecule has 0 spiro atoms. The van der Waals surface area contributed by atoms with Crippen molar-refractivity contribution in [2.45, 2.75) is 59.3 Å². The summed E-state index contributed by atoms with van der Waals surface area (Å²) in [6.45, 7) is 5.06. The fourth-order valence-corrected chi connectivity index (χ4v) is 3.25. The van der Waals surface area contributed by atoms with Gasteiger partial charge < -0.3 is 10.1 Å². The van der Waals surface area contributed by atoms with Crippen LogP contribution in [-0.2, 0) is 20.7 Å². The van der Waals surface area contributed by atoms with Gasteiger partial charge in [-0.3, -0.25) is 24.5 Å². The largest absolute Gasteiger partial charge is 0.456 e. The number of nitrogens with one attached hydrogen (secondary N) is 1. The Morgan fingerprint density at radius 2 is 1.67 bits per heavy atom. The smallest absolute Gasteiger partial charge is 0.306 e. The molecule has 8 nitrogen and oxygen atoms in total. The number of ketones is 1. The SMILES string of the molecule is CCCCCc1ccc(C(=O)CCC(=O)OCC(=O)Nc2cc(C)c(C)cc2[N+](=O)[O-])cc1. The van der Waals surface area contributed by atoms with E-state index in [-0.39, 0.29) is 30.0 Å². The molecule has 0 aliphatic heterocycles. The first kappa shape index (κ1) is 25.7. The normalized spacial score (nSPS) is 10.5. The Kier molecular flexibility index (Phi) is 9.72. The van der Waals surface area contributed by atoms with Crippen molar-refractivity contribution in [1.29, 1.82) is 0 Å². The number of rotatable bonds is 12. The van der Waals surface area contributed by atoms with Crippen LogP contribution in [0.5, 0.6) is 0 Å². The quantitative estimate of drug-likeness (QED) is 0.157. The molecule has 0 aromatic heterocycles. The molecule has 8 heteroatoms. The van der Waals surface area contributed by atoms with Gasteiger partial charge in [0.2, 0.25) is 0 Å². The molecule has 2 aromatic rings. The van der Waals surface area contributed by atoms with Crippen LogP contribution in [0, 0.1) is 24.0 Å². The van der Waals surface area contributed by atoms with E-state index in [4.69, 9.17) is 4.74 Å². The summed E-state index contributed by atoms with van der Waals surface area (Å²) in [5.41, 5.74) is 3.01. The number of nitro groups is 1. The number of nitrogens with zero attached hydrogens (tertiary/aromatic N) is 1. The second kappa shape index (κ2) is 12.5. The number of anilines is 1. The van der Waals surface area contributed by atoms with Gasteiger partial charge in [0.1, 0.15) is 5.69 Å². The van der Waals surface area contributed by atoms with Crippen molar-refractivity contribution in [2.75, 3.05) is 11.9 Å². The fourth-order valence-electron chi connectivity index (χ4n) is 3.25. The monoisotopic (exact) mass is 454 g/mol. The second-order valence-electron chi connectivity index (χ2n) is 8.00. The van der Waals surface area contributed by atoms with E-state index in [0.717, 1.165) is 30.4 Å². The topological polar surface area (TPSA) is 116 Å². The molecule has 0 radical (unpaired) electrons. The number of aryl methyl sites for hydroxylation is 3. The average Bonchev–Trinajstić information content (AvgIpc) is 2.78. The molecule has 176 valence electrons. The van der Waals surface area contributed by atoms with Crippen molar-refractivity contribution in [3.05, 3.63) is 68.8 Å². The van der Waals surface area contributed by atoms with E-state index in [9.17, 15) is 24.5 Å². The molecule has 2 aromatic carbocycles. The molecule has 33 heavy (non-hydrogen) atoms. The standard InChI is InChI=1S/C25H30N2O6/c1-4-5-6-7-19-8-10-20(11-9-19)23(28)12-13-25(30)33-16-24(29)26-21-14-17(2)18(3)15-22(21)27(31)32/h8-11,14-15H,4-7,12-13,16H2,1-3H3,(H,26,29). The minimum absolute atomic E-state index is 0.0295. The molecule has 0 aliphatic carbocycles. The maximum Gasteiger partial charge on any atom is 0.306 e. The molecule has 0 fully saturated rings.